The van der Waals surface area contributed by atoms with Crippen molar-refractivity contribution in [1.29, 1.82) is 0 Å². The molecule has 7 nitrogen and oxygen atoms in total. The third-order valence-electron chi connectivity index (χ3n) is 3.75. The Bertz CT molecular complexity index is 896. The molecule has 0 radical (unpaired) electrons. The molecule has 0 spiro atoms. The van der Waals surface area contributed by atoms with Crippen LogP contribution in [-0.4, -0.2) is 51.5 Å². The van der Waals surface area contributed by atoms with E-state index < -0.39 is 0 Å². The van der Waals surface area contributed by atoms with E-state index >= 15 is 0 Å². The summed E-state index contributed by atoms with van der Waals surface area (Å²) in [5, 5.41) is 4.24. The summed E-state index contributed by atoms with van der Waals surface area (Å²) in [6, 6.07) is 7.33. The number of nitrogens with zero attached hydrogens (tertiary/aromatic N) is 5. The number of likely N-dealkylation sites (N-methyl/N-ethyl adjacent to an activating group) is 1. The zero-order chi connectivity index (χ0) is 17.8. The molecule has 0 N–H and O–H groups in total. The van der Waals surface area contributed by atoms with Crippen molar-refractivity contribution in [2.75, 3.05) is 27.0 Å². The molecule has 0 aliphatic heterocycles. The molecule has 0 saturated heterocycles. The first kappa shape index (κ1) is 18.0. The van der Waals surface area contributed by atoms with Crippen LogP contribution < -0.4 is 5.56 Å². The van der Waals surface area contributed by atoms with Gasteiger partial charge in [0, 0.05) is 25.9 Å². The first-order chi connectivity index (χ1) is 12.1. The average molecular weight is 377 g/mol. The third kappa shape index (κ3) is 4.06. The van der Waals surface area contributed by atoms with E-state index in [9.17, 15) is 4.79 Å². The fourth-order valence-electron chi connectivity index (χ4n) is 2.54. The van der Waals surface area contributed by atoms with E-state index in [-0.39, 0.29) is 11.6 Å². The van der Waals surface area contributed by atoms with Crippen molar-refractivity contribution in [3.8, 4) is 0 Å². The molecule has 3 aromatic heterocycles. The number of thioether (sulfide) groups is 1. The monoisotopic (exact) mass is 377 g/mol. The molecule has 0 amide bonds. The van der Waals surface area contributed by atoms with E-state index in [0.717, 1.165) is 10.0 Å². The highest BCUT2D eigenvalue weighted by Crippen LogP contribution is 2.22. The maximum Gasteiger partial charge on any atom is 0.275 e. The van der Waals surface area contributed by atoms with Crippen molar-refractivity contribution >= 4 is 28.1 Å². The van der Waals surface area contributed by atoms with Crippen molar-refractivity contribution < 1.29 is 4.74 Å². The molecule has 132 valence electrons. The molecular formula is C16H19N5O2S2. The Morgan fingerprint density at radius 1 is 1.44 bits per heavy atom. The number of hydrogen-bond donors (Lipinski definition) is 0. The highest BCUT2D eigenvalue weighted by atomic mass is 32.2. The molecule has 3 rings (SSSR count). The zero-order valence-electron chi connectivity index (χ0n) is 14.2. The standard InChI is InChI=1S/C16H19N5O2S2/c1-20(13(10-23-2)12-6-4-5-7-17-12)9-11-8-14(22)21-15(18-11)25-16(19-21)24-3/h4-8,13H,9-10H2,1-3H3. The van der Waals surface area contributed by atoms with Crippen molar-refractivity contribution in [2.24, 2.45) is 0 Å². The molecule has 0 aliphatic rings. The van der Waals surface area contributed by atoms with E-state index in [2.05, 4.69) is 20.0 Å². The Kier molecular flexibility index (Phi) is 5.79. The SMILES string of the molecule is COCC(c1ccccn1)N(C)Cc1cc(=O)n2nc(SC)sc2n1. The second-order valence-corrected chi connectivity index (χ2v) is 7.50. The molecule has 25 heavy (non-hydrogen) atoms. The van der Waals surface area contributed by atoms with Gasteiger partial charge in [0.2, 0.25) is 4.96 Å². The highest BCUT2D eigenvalue weighted by Gasteiger charge is 2.19. The second kappa shape index (κ2) is 8.05. The summed E-state index contributed by atoms with van der Waals surface area (Å²) < 4.78 is 7.52. The van der Waals surface area contributed by atoms with E-state index in [4.69, 9.17) is 4.74 Å². The summed E-state index contributed by atoms with van der Waals surface area (Å²) in [4.78, 5) is 24.0. The van der Waals surface area contributed by atoms with E-state index in [0.29, 0.717) is 23.8 Å². The summed E-state index contributed by atoms with van der Waals surface area (Å²) >= 11 is 2.92. The molecule has 0 fully saturated rings. The summed E-state index contributed by atoms with van der Waals surface area (Å²) in [5.41, 5.74) is 1.47. The van der Waals surface area contributed by atoms with Crippen molar-refractivity contribution in [3.63, 3.8) is 0 Å². The van der Waals surface area contributed by atoms with Gasteiger partial charge in [0.15, 0.2) is 4.34 Å². The van der Waals surface area contributed by atoms with Crippen molar-refractivity contribution in [2.45, 2.75) is 16.9 Å². The number of rotatable bonds is 7. The minimum Gasteiger partial charge on any atom is -0.383 e. The minimum absolute atomic E-state index is 0.0188. The quantitative estimate of drug-likeness (QED) is 0.584. The second-order valence-electron chi connectivity index (χ2n) is 5.49. The molecule has 0 aromatic carbocycles. The lowest BCUT2D eigenvalue weighted by molar-refractivity contribution is 0.0993. The summed E-state index contributed by atoms with van der Waals surface area (Å²) in [7, 11) is 3.64. The highest BCUT2D eigenvalue weighted by molar-refractivity contribution is 8.00. The van der Waals surface area contributed by atoms with Gasteiger partial charge < -0.3 is 4.74 Å². The van der Waals surface area contributed by atoms with Gasteiger partial charge in [0.1, 0.15) is 0 Å². The van der Waals surface area contributed by atoms with Gasteiger partial charge in [-0.05, 0) is 25.4 Å². The van der Waals surface area contributed by atoms with Crippen molar-refractivity contribution in [1.82, 2.24) is 24.5 Å². The van der Waals surface area contributed by atoms with Gasteiger partial charge >= 0.3 is 0 Å². The Balaban J connectivity index is 1.87. The van der Waals surface area contributed by atoms with Crippen LogP contribution in [0.15, 0.2) is 39.6 Å². The first-order valence-electron chi connectivity index (χ1n) is 7.66. The molecule has 3 aromatic rings. The predicted octanol–water partition coefficient (Wildman–Crippen LogP) is 2.09. The van der Waals surface area contributed by atoms with Crippen LogP contribution in [0.2, 0.25) is 0 Å². The van der Waals surface area contributed by atoms with Gasteiger partial charge in [-0.1, -0.05) is 29.2 Å². The van der Waals surface area contributed by atoms with Gasteiger partial charge in [-0.2, -0.15) is 4.52 Å². The summed E-state index contributed by atoms with van der Waals surface area (Å²) in [5.74, 6) is 0. The summed E-state index contributed by atoms with van der Waals surface area (Å²) in [6.07, 6.45) is 3.70. The maximum absolute atomic E-state index is 12.3. The first-order valence-corrected chi connectivity index (χ1v) is 9.70. The van der Waals surface area contributed by atoms with Gasteiger partial charge in [-0.3, -0.25) is 14.7 Å². The molecular weight excluding hydrogens is 358 g/mol. The van der Waals surface area contributed by atoms with Crippen LogP contribution in [0.25, 0.3) is 4.96 Å². The Morgan fingerprint density at radius 3 is 2.96 bits per heavy atom. The maximum atomic E-state index is 12.3. The van der Waals surface area contributed by atoms with Gasteiger partial charge in [-0.15, -0.1) is 5.10 Å². The number of pyridine rings is 1. The average Bonchev–Trinajstić information content (AvgIpc) is 3.04. The number of aromatic nitrogens is 4. The Hall–Kier alpha value is -1.81. The fourth-order valence-corrected chi connectivity index (χ4v) is 3.92. The van der Waals surface area contributed by atoms with Crippen LogP contribution in [0.3, 0.4) is 0 Å². The fraction of sp³-hybridized carbons (Fsp3) is 0.375. The lowest BCUT2D eigenvalue weighted by Gasteiger charge is -2.26. The van der Waals surface area contributed by atoms with Crippen LogP contribution in [-0.2, 0) is 11.3 Å². The molecule has 0 saturated carbocycles. The number of fused-ring (bicyclic) bond motifs is 1. The van der Waals surface area contributed by atoms with E-state index in [1.54, 1.807) is 13.3 Å². The zero-order valence-corrected chi connectivity index (χ0v) is 15.9. The predicted molar refractivity (Wildman–Crippen MR) is 99.2 cm³/mol. The topological polar surface area (TPSA) is 72.6 Å². The van der Waals surface area contributed by atoms with Crippen molar-refractivity contribution in [3.05, 3.63) is 52.2 Å². The third-order valence-corrected chi connectivity index (χ3v) is 5.64. The Labute approximate surface area is 153 Å². The number of methoxy groups -OCH3 is 1. The lowest BCUT2D eigenvalue weighted by Crippen LogP contribution is -2.29. The van der Waals surface area contributed by atoms with Crippen LogP contribution in [0, 0.1) is 0 Å². The van der Waals surface area contributed by atoms with Gasteiger partial charge in [0.25, 0.3) is 5.56 Å². The smallest absolute Gasteiger partial charge is 0.275 e. The Morgan fingerprint density at radius 2 is 2.28 bits per heavy atom. The van der Waals surface area contributed by atoms with E-state index in [1.807, 2.05) is 31.5 Å². The normalized spacial score (nSPS) is 12.8. The minimum atomic E-state index is -0.161. The van der Waals surface area contributed by atoms with E-state index in [1.165, 1.54) is 33.7 Å². The molecule has 9 heteroatoms. The summed E-state index contributed by atoms with van der Waals surface area (Å²) in [6.45, 7) is 1.02. The molecule has 3 heterocycles. The van der Waals surface area contributed by atoms with Crippen LogP contribution in [0.5, 0.6) is 0 Å². The molecule has 1 unspecified atom stereocenters. The molecule has 1 atom stereocenters. The van der Waals surface area contributed by atoms with Crippen LogP contribution in [0.1, 0.15) is 17.4 Å². The number of hydrogen-bond acceptors (Lipinski definition) is 8. The lowest BCUT2D eigenvalue weighted by atomic mass is 10.1. The number of ether oxygens (including phenoxy) is 1. The molecule has 0 aliphatic carbocycles. The van der Waals surface area contributed by atoms with Gasteiger partial charge in [0.05, 0.1) is 24.0 Å². The van der Waals surface area contributed by atoms with Crippen LogP contribution >= 0.6 is 23.1 Å². The van der Waals surface area contributed by atoms with Crippen LogP contribution in [0.4, 0.5) is 0 Å². The molecule has 0 bridgehead atoms. The van der Waals surface area contributed by atoms with Gasteiger partial charge in [-0.25, -0.2) is 4.98 Å². The largest absolute Gasteiger partial charge is 0.383 e.